The molecule has 1 aliphatic heterocycles. The zero-order valence-corrected chi connectivity index (χ0v) is 10.5. The van der Waals surface area contributed by atoms with Crippen LogP contribution in [0.3, 0.4) is 0 Å². The molecule has 5 heteroatoms. The number of nitrogens with zero attached hydrogens (tertiary/aromatic N) is 2. The minimum Gasteiger partial charge on any atom is -1.00 e. The van der Waals surface area contributed by atoms with E-state index in [-0.39, 0.29) is 24.0 Å². The molecule has 0 saturated carbocycles. The highest BCUT2D eigenvalue weighted by molar-refractivity contribution is 5.70. The van der Waals surface area contributed by atoms with Crippen LogP contribution in [0.2, 0.25) is 0 Å². The van der Waals surface area contributed by atoms with Crippen LogP contribution >= 0.6 is 0 Å². The van der Waals surface area contributed by atoms with Crippen molar-refractivity contribution in [3.8, 4) is 0 Å². The van der Waals surface area contributed by atoms with Crippen molar-refractivity contribution in [1.82, 2.24) is 4.90 Å². The van der Waals surface area contributed by atoms with Gasteiger partial charge in [0.15, 0.2) is 0 Å². The van der Waals surface area contributed by atoms with Crippen molar-refractivity contribution in [1.29, 1.82) is 0 Å². The van der Waals surface area contributed by atoms with E-state index in [1.165, 1.54) is 13.0 Å². The molecule has 0 aliphatic carbocycles. The standard InChI is InChI=1S/C8H18N4.HI/c1-3-12-5-4-7(6-12)11(2)8(9)10;/h7H,3-6H2,1-2H3,(H3,9,10);1H. The van der Waals surface area contributed by atoms with E-state index in [0.717, 1.165) is 13.1 Å². The molecule has 78 valence electrons. The first-order valence-corrected chi connectivity index (χ1v) is 4.48. The molecule has 0 amide bonds. The lowest BCUT2D eigenvalue weighted by Gasteiger charge is -2.13. The molecule has 1 aliphatic rings. The Morgan fingerprint density at radius 1 is 1.54 bits per heavy atom. The lowest BCUT2D eigenvalue weighted by atomic mass is 10.2. The van der Waals surface area contributed by atoms with Crippen LogP contribution in [-0.4, -0.2) is 48.2 Å². The van der Waals surface area contributed by atoms with E-state index >= 15 is 0 Å². The zero-order chi connectivity index (χ0) is 9.14. The molecule has 1 saturated heterocycles. The maximum absolute atomic E-state index is 5.50. The van der Waals surface area contributed by atoms with Crippen LogP contribution in [0.4, 0.5) is 0 Å². The van der Waals surface area contributed by atoms with Gasteiger partial charge in [-0.1, -0.05) is 6.92 Å². The monoisotopic (exact) mass is 298 g/mol. The SMILES string of the molecule is CCN1CCC([N+](C)=C(N)N)C1.[I-]. The van der Waals surface area contributed by atoms with E-state index in [1.807, 2.05) is 11.6 Å². The number of guanidine groups is 1. The molecule has 4 nitrogen and oxygen atoms in total. The van der Waals surface area contributed by atoms with Gasteiger partial charge in [-0.05, 0) is 13.0 Å². The van der Waals surface area contributed by atoms with Crippen molar-refractivity contribution in [2.75, 3.05) is 26.7 Å². The van der Waals surface area contributed by atoms with Gasteiger partial charge in [-0.3, -0.25) is 16.0 Å². The Morgan fingerprint density at radius 3 is 2.54 bits per heavy atom. The summed E-state index contributed by atoms with van der Waals surface area (Å²) < 4.78 is 1.97. The Balaban J connectivity index is 0.00000144. The van der Waals surface area contributed by atoms with Crippen molar-refractivity contribution in [3.05, 3.63) is 0 Å². The van der Waals surface area contributed by atoms with E-state index < -0.39 is 0 Å². The van der Waals surface area contributed by atoms with Crippen molar-refractivity contribution < 1.29 is 28.6 Å². The molecule has 0 bridgehead atoms. The first kappa shape index (κ1) is 13.0. The van der Waals surface area contributed by atoms with Gasteiger partial charge in [0, 0.05) is 13.1 Å². The van der Waals surface area contributed by atoms with Gasteiger partial charge in [0.2, 0.25) is 0 Å². The van der Waals surface area contributed by atoms with Crippen LogP contribution in [0.5, 0.6) is 0 Å². The van der Waals surface area contributed by atoms with Gasteiger partial charge >= 0.3 is 5.96 Å². The highest BCUT2D eigenvalue weighted by Gasteiger charge is 2.24. The Labute approximate surface area is 97.0 Å². The molecule has 1 heterocycles. The van der Waals surface area contributed by atoms with Gasteiger partial charge in [-0.25, -0.2) is 0 Å². The molecule has 1 rings (SSSR count). The maximum Gasteiger partial charge on any atom is 0.341 e. The Bertz CT molecular complexity index is 189. The zero-order valence-electron chi connectivity index (χ0n) is 8.33. The number of likely N-dealkylation sites (N-methyl/N-ethyl adjacent to an activating group) is 2. The predicted octanol–water partition coefficient (Wildman–Crippen LogP) is -4.00. The third kappa shape index (κ3) is 3.30. The van der Waals surface area contributed by atoms with Crippen molar-refractivity contribution in [2.45, 2.75) is 19.4 Å². The molecule has 0 aromatic heterocycles. The van der Waals surface area contributed by atoms with E-state index in [2.05, 4.69) is 11.8 Å². The predicted molar refractivity (Wildman–Crippen MR) is 50.1 cm³/mol. The summed E-state index contributed by atoms with van der Waals surface area (Å²) in [7, 11) is 1.96. The second-order valence-corrected chi connectivity index (χ2v) is 3.37. The number of hydrogen-bond donors (Lipinski definition) is 2. The molecule has 0 radical (unpaired) electrons. The van der Waals surface area contributed by atoms with Gasteiger partial charge in [0.25, 0.3) is 0 Å². The summed E-state index contributed by atoms with van der Waals surface area (Å²) >= 11 is 0. The minimum atomic E-state index is 0. The molecule has 1 atom stereocenters. The van der Waals surface area contributed by atoms with Gasteiger partial charge in [-0.15, -0.1) is 0 Å². The van der Waals surface area contributed by atoms with Crippen LogP contribution in [0.1, 0.15) is 13.3 Å². The maximum atomic E-state index is 5.50. The average molecular weight is 298 g/mol. The smallest absolute Gasteiger partial charge is 0.341 e. The summed E-state index contributed by atoms with van der Waals surface area (Å²) in [5.74, 6) is 0.429. The molecule has 0 aromatic rings. The van der Waals surface area contributed by atoms with Crippen LogP contribution < -0.4 is 35.4 Å². The summed E-state index contributed by atoms with van der Waals surface area (Å²) in [5.41, 5.74) is 11.0. The molecule has 4 N–H and O–H groups in total. The summed E-state index contributed by atoms with van der Waals surface area (Å²) in [5, 5.41) is 0. The summed E-state index contributed by atoms with van der Waals surface area (Å²) in [6.07, 6.45) is 1.17. The van der Waals surface area contributed by atoms with Gasteiger partial charge in [-0.2, -0.15) is 0 Å². The fourth-order valence-corrected chi connectivity index (χ4v) is 1.63. The number of rotatable bonds is 2. The fraction of sp³-hybridized carbons (Fsp3) is 0.875. The minimum absolute atomic E-state index is 0. The highest BCUT2D eigenvalue weighted by Crippen LogP contribution is 2.10. The Kier molecular flexibility index (Phi) is 5.62. The molecule has 1 unspecified atom stereocenters. The largest absolute Gasteiger partial charge is 1.00 e. The summed E-state index contributed by atoms with van der Waals surface area (Å²) in [6, 6.07) is 0.509. The van der Waals surface area contributed by atoms with Crippen LogP contribution in [0.25, 0.3) is 0 Å². The molecular weight excluding hydrogens is 279 g/mol. The third-order valence-electron chi connectivity index (χ3n) is 2.65. The van der Waals surface area contributed by atoms with Crippen molar-refractivity contribution in [3.63, 3.8) is 0 Å². The lowest BCUT2D eigenvalue weighted by Crippen LogP contribution is -3.00. The van der Waals surface area contributed by atoms with Crippen LogP contribution in [0, 0.1) is 0 Å². The topological polar surface area (TPSA) is 58.3 Å². The fourth-order valence-electron chi connectivity index (χ4n) is 1.63. The highest BCUT2D eigenvalue weighted by atomic mass is 127. The number of hydrogen-bond acceptors (Lipinski definition) is 1. The van der Waals surface area contributed by atoms with Crippen molar-refractivity contribution >= 4 is 5.96 Å². The van der Waals surface area contributed by atoms with Crippen LogP contribution in [0.15, 0.2) is 0 Å². The van der Waals surface area contributed by atoms with Gasteiger partial charge < -0.3 is 28.9 Å². The first-order valence-electron chi connectivity index (χ1n) is 4.48. The lowest BCUT2D eigenvalue weighted by molar-refractivity contribution is -0.536. The summed E-state index contributed by atoms with van der Waals surface area (Å²) in [4.78, 5) is 2.41. The van der Waals surface area contributed by atoms with E-state index in [1.54, 1.807) is 0 Å². The third-order valence-corrected chi connectivity index (χ3v) is 2.65. The molecular formula is C8H19IN4. The van der Waals surface area contributed by atoms with E-state index in [9.17, 15) is 0 Å². The average Bonchev–Trinajstić information content (AvgIpc) is 2.50. The number of likely N-dealkylation sites (tertiary alicyclic amines) is 1. The van der Waals surface area contributed by atoms with E-state index in [4.69, 9.17) is 11.5 Å². The number of nitrogens with two attached hydrogens (primary N) is 2. The van der Waals surface area contributed by atoms with Crippen LogP contribution in [-0.2, 0) is 0 Å². The normalized spacial score (nSPS) is 22.5. The number of halogens is 1. The Hall–Kier alpha value is -0.0400. The van der Waals surface area contributed by atoms with Gasteiger partial charge in [0.05, 0.1) is 13.1 Å². The molecule has 0 spiro atoms. The van der Waals surface area contributed by atoms with Gasteiger partial charge in [0.1, 0.15) is 0 Å². The molecule has 0 aromatic carbocycles. The molecule has 1 fully saturated rings. The molecule has 13 heavy (non-hydrogen) atoms. The van der Waals surface area contributed by atoms with Crippen molar-refractivity contribution in [2.24, 2.45) is 11.5 Å². The Morgan fingerprint density at radius 2 is 2.15 bits per heavy atom. The quantitative estimate of drug-likeness (QED) is 0.236. The first-order chi connectivity index (χ1) is 5.65. The van der Waals surface area contributed by atoms with E-state index in [0.29, 0.717) is 12.0 Å². The second kappa shape index (κ2) is 5.64. The second-order valence-electron chi connectivity index (χ2n) is 3.37. The summed E-state index contributed by atoms with van der Waals surface area (Å²) in [6.45, 7) is 5.55.